The zero-order chi connectivity index (χ0) is 16.1. The lowest BCUT2D eigenvalue weighted by Gasteiger charge is -2.08. The lowest BCUT2D eigenvalue weighted by atomic mass is 10.2. The van der Waals surface area contributed by atoms with Crippen LogP contribution in [0.4, 0.5) is 0 Å². The number of aryl methyl sites for hydroxylation is 1. The second-order valence-corrected chi connectivity index (χ2v) is 5.29. The smallest absolute Gasteiger partial charge is 0.152 e. The molecule has 0 N–H and O–H groups in total. The number of rotatable bonds is 7. The van der Waals surface area contributed by atoms with Crippen LogP contribution in [0.25, 0.3) is 10.9 Å². The van der Waals surface area contributed by atoms with Crippen LogP contribution >= 0.6 is 0 Å². The van der Waals surface area contributed by atoms with E-state index in [1.54, 1.807) is 7.11 Å². The van der Waals surface area contributed by atoms with E-state index in [0.29, 0.717) is 6.61 Å². The number of aromatic nitrogens is 1. The first-order valence-corrected chi connectivity index (χ1v) is 7.61. The highest BCUT2D eigenvalue weighted by molar-refractivity contribution is 5.97. The minimum atomic E-state index is 0.620. The van der Waals surface area contributed by atoms with Crippen LogP contribution in [0.5, 0.6) is 11.5 Å². The zero-order valence-electron chi connectivity index (χ0n) is 13.1. The number of aldehydes is 1. The van der Waals surface area contributed by atoms with Crippen LogP contribution in [-0.2, 0) is 6.54 Å². The van der Waals surface area contributed by atoms with Crippen molar-refractivity contribution in [3.8, 4) is 11.5 Å². The summed E-state index contributed by atoms with van der Waals surface area (Å²) in [4.78, 5) is 11.2. The van der Waals surface area contributed by atoms with Crippen molar-refractivity contribution < 1.29 is 14.3 Å². The van der Waals surface area contributed by atoms with Gasteiger partial charge in [0.05, 0.1) is 13.7 Å². The normalized spacial score (nSPS) is 10.7. The fourth-order valence-electron chi connectivity index (χ4n) is 2.65. The van der Waals surface area contributed by atoms with Gasteiger partial charge in [-0.3, -0.25) is 4.79 Å². The number of para-hydroxylation sites is 1. The molecule has 118 valence electrons. The maximum atomic E-state index is 11.2. The molecule has 0 aliphatic carbocycles. The number of benzene rings is 2. The number of methoxy groups -OCH3 is 1. The molecule has 2 aromatic carbocycles. The van der Waals surface area contributed by atoms with Crippen LogP contribution in [0.15, 0.2) is 54.7 Å². The summed E-state index contributed by atoms with van der Waals surface area (Å²) in [5, 5.41) is 0.999. The van der Waals surface area contributed by atoms with Crippen LogP contribution in [0.3, 0.4) is 0 Å². The molecule has 1 aromatic heterocycles. The lowest BCUT2D eigenvalue weighted by Crippen LogP contribution is -2.03. The highest BCUT2D eigenvalue weighted by Gasteiger charge is 2.06. The molecule has 0 bridgehead atoms. The maximum absolute atomic E-state index is 11.2. The number of fused-ring (bicyclic) bond motifs is 1. The minimum Gasteiger partial charge on any atom is -0.497 e. The van der Waals surface area contributed by atoms with Gasteiger partial charge in [-0.05, 0) is 36.8 Å². The van der Waals surface area contributed by atoms with Gasteiger partial charge in [0, 0.05) is 29.2 Å². The molecule has 0 radical (unpaired) electrons. The molecule has 0 fully saturated rings. The van der Waals surface area contributed by atoms with E-state index in [9.17, 15) is 4.79 Å². The van der Waals surface area contributed by atoms with Crippen LogP contribution in [0.2, 0.25) is 0 Å². The number of carbonyl (C=O) groups is 1. The van der Waals surface area contributed by atoms with Gasteiger partial charge in [-0.25, -0.2) is 0 Å². The fraction of sp³-hybridized carbons (Fsp3) is 0.211. The zero-order valence-corrected chi connectivity index (χ0v) is 13.1. The van der Waals surface area contributed by atoms with Crippen molar-refractivity contribution in [3.05, 3.63) is 60.3 Å². The molecule has 0 aliphatic rings. The first kappa shape index (κ1) is 15.2. The summed E-state index contributed by atoms with van der Waals surface area (Å²) >= 11 is 0. The van der Waals surface area contributed by atoms with Crippen molar-refractivity contribution in [3.63, 3.8) is 0 Å². The third-order valence-corrected chi connectivity index (χ3v) is 3.82. The van der Waals surface area contributed by atoms with Gasteiger partial charge in [-0.15, -0.1) is 0 Å². The summed E-state index contributed by atoms with van der Waals surface area (Å²) in [5.74, 6) is 1.65. The van der Waals surface area contributed by atoms with Crippen molar-refractivity contribution in [2.75, 3.05) is 13.7 Å². The van der Waals surface area contributed by atoms with Crippen molar-refractivity contribution in [1.82, 2.24) is 4.57 Å². The average Bonchev–Trinajstić information content (AvgIpc) is 2.97. The van der Waals surface area contributed by atoms with E-state index in [4.69, 9.17) is 9.47 Å². The largest absolute Gasteiger partial charge is 0.497 e. The Hall–Kier alpha value is -2.75. The Morgan fingerprint density at radius 2 is 1.78 bits per heavy atom. The number of carbonyl (C=O) groups excluding carboxylic acids is 1. The minimum absolute atomic E-state index is 0.620. The van der Waals surface area contributed by atoms with Gasteiger partial charge in [-0.1, -0.05) is 18.2 Å². The average molecular weight is 309 g/mol. The van der Waals surface area contributed by atoms with E-state index in [-0.39, 0.29) is 0 Å². The predicted octanol–water partition coefficient (Wildman–Crippen LogP) is 3.93. The highest BCUT2D eigenvalue weighted by Crippen LogP contribution is 2.21. The van der Waals surface area contributed by atoms with E-state index in [2.05, 4.69) is 4.57 Å². The molecule has 3 rings (SSSR count). The lowest BCUT2D eigenvalue weighted by molar-refractivity contribution is 0.112. The molecule has 0 saturated heterocycles. The van der Waals surface area contributed by atoms with Crippen molar-refractivity contribution in [2.45, 2.75) is 13.0 Å². The molecule has 0 unspecified atom stereocenters. The Bertz CT molecular complexity index is 790. The summed E-state index contributed by atoms with van der Waals surface area (Å²) in [5.41, 5.74) is 1.82. The van der Waals surface area contributed by atoms with Gasteiger partial charge in [0.25, 0.3) is 0 Å². The summed E-state index contributed by atoms with van der Waals surface area (Å²) < 4.78 is 13.0. The maximum Gasteiger partial charge on any atom is 0.152 e. The second-order valence-electron chi connectivity index (χ2n) is 5.29. The van der Waals surface area contributed by atoms with Crippen LogP contribution in [0, 0.1) is 0 Å². The quantitative estimate of drug-likeness (QED) is 0.490. The number of ether oxygens (including phenoxy) is 2. The van der Waals surface area contributed by atoms with Gasteiger partial charge < -0.3 is 14.0 Å². The van der Waals surface area contributed by atoms with Crippen molar-refractivity contribution in [1.29, 1.82) is 0 Å². The molecular weight excluding hydrogens is 290 g/mol. The number of hydrogen-bond acceptors (Lipinski definition) is 3. The molecule has 4 heteroatoms. The standard InChI is InChI=1S/C19H19NO3/c1-22-16-7-9-17(10-8-16)23-12-4-11-20-13-15(14-21)18-5-2-3-6-19(18)20/h2-3,5-10,13-14H,4,11-12H2,1H3. The van der Waals surface area contributed by atoms with E-state index < -0.39 is 0 Å². The Balaban J connectivity index is 1.59. The van der Waals surface area contributed by atoms with E-state index >= 15 is 0 Å². The summed E-state index contributed by atoms with van der Waals surface area (Å²) in [6.07, 6.45) is 3.68. The van der Waals surface area contributed by atoms with E-state index in [0.717, 1.165) is 47.2 Å². The summed E-state index contributed by atoms with van der Waals surface area (Å²) in [6, 6.07) is 15.5. The third-order valence-electron chi connectivity index (χ3n) is 3.82. The number of nitrogens with zero attached hydrogens (tertiary/aromatic N) is 1. The van der Waals surface area contributed by atoms with Crippen LogP contribution in [0.1, 0.15) is 16.8 Å². The van der Waals surface area contributed by atoms with Gasteiger partial charge >= 0.3 is 0 Å². The second kappa shape index (κ2) is 7.01. The van der Waals surface area contributed by atoms with Crippen molar-refractivity contribution >= 4 is 17.2 Å². The van der Waals surface area contributed by atoms with Gasteiger partial charge in [-0.2, -0.15) is 0 Å². The Labute approximate surface area is 135 Å². The third kappa shape index (κ3) is 3.37. The molecule has 0 saturated carbocycles. The molecule has 0 amide bonds. The molecule has 23 heavy (non-hydrogen) atoms. The Morgan fingerprint density at radius 3 is 2.52 bits per heavy atom. The molecular formula is C19H19NO3. The molecule has 1 heterocycles. The first-order valence-electron chi connectivity index (χ1n) is 7.61. The Kier molecular flexibility index (Phi) is 4.62. The highest BCUT2D eigenvalue weighted by atomic mass is 16.5. The van der Waals surface area contributed by atoms with Crippen LogP contribution in [-0.4, -0.2) is 24.6 Å². The summed E-state index contributed by atoms with van der Waals surface area (Å²) in [6.45, 7) is 1.43. The summed E-state index contributed by atoms with van der Waals surface area (Å²) in [7, 11) is 1.64. The predicted molar refractivity (Wildman–Crippen MR) is 90.4 cm³/mol. The van der Waals surface area contributed by atoms with Crippen molar-refractivity contribution in [2.24, 2.45) is 0 Å². The number of hydrogen-bond donors (Lipinski definition) is 0. The molecule has 4 nitrogen and oxygen atoms in total. The molecule has 3 aromatic rings. The molecule has 0 atom stereocenters. The molecule has 0 aliphatic heterocycles. The van der Waals surface area contributed by atoms with Gasteiger partial charge in [0.15, 0.2) is 6.29 Å². The van der Waals surface area contributed by atoms with E-state index in [1.807, 2.05) is 54.7 Å². The first-order chi connectivity index (χ1) is 11.3. The Morgan fingerprint density at radius 1 is 1.04 bits per heavy atom. The SMILES string of the molecule is COc1ccc(OCCCn2cc(C=O)c3ccccc32)cc1. The molecule has 0 spiro atoms. The van der Waals surface area contributed by atoms with Gasteiger partial charge in [0.2, 0.25) is 0 Å². The monoisotopic (exact) mass is 309 g/mol. The fourth-order valence-corrected chi connectivity index (χ4v) is 2.65. The van der Waals surface area contributed by atoms with Crippen LogP contribution < -0.4 is 9.47 Å². The van der Waals surface area contributed by atoms with E-state index in [1.165, 1.54) is 0 Å². The topological polar surface area (TPSA) is 40.5 Å². The van der Waals surface area contributed by atoms with Gasteiger partial charge in [0.1, 0.15) is 11.5 Å².